The number of benzene rings is 1. The normalized spacial score (nSPS) is 11.7. The molecule has 3 N–H and O–H groups in total. The molecule has 3 rings (SSSR count). The number of nitrogens with two attached hydrogens (primary N) is 1. The number of anilines is 1. The first-order valence-electron chi connectivity index (χ1n) is 6.63. The maximum atomic E-state index is 9.31. The van der Waals surface area contributed by atoms with Crippen LogP contribution in [0, 0.1) is 0 Å². The molecule has 2 aromatic heterocycles. The van der Waals surface area contributed by atoms with Crippen molar-refractivity contribution in [1.82, 2.24) is 9.97 Å². The number of ether oxygens (including phenoxy) is 2. The zero-order valence-corrected chi connectivity index (χ0v) is 12.5. The van der Waals surface area contributed by atoms with Gasteiger partial charge in [-0.05, 0) is 18.2 Å². The number of aromatic nitrogens is 2. The Labute approximate surface area is 130 Å². The first kappa shape index (κ1) is 14.6. The molecule has 0 atom stereocenters. The molecule has 2 heterocycles. The van der Waals surface area contributed by atoms with Crippen LogP contribution in [-0.4, -0.2) is 29.4 Å². The van der Waals surface area contributed by atoms with E-state index >= 15 is 0 Å². The van der Waals surface area contributed by atoms with E-state index in [0.29, 0.717) is 39.3 Å². The standard InChI is InChI=1S/C15H14N4O4/c1-21-11-4-3-8-10(19-20)7-12(23-13(8)14(11)22-2)9-5-6-17-15(16)18-9/h3-7,20H,1-2H3,(H2,16,17,18). The Morgan fingerprint density at radius 3 is 2.70 bits per heavy atom. The molecular formula is C15H14N4O4. The quantitative estimate of drug-likeness (QED) is 0.559. The van der Waals surface area contributed by atoms with Gasteiger partial charge < -0.3 is 24.8 Å². The second-order valence-corrected chi connectivity index (χ2v) is 4.57. The third-order valence-electron chi connectivity index (χ3n) is 3.29. The summed E-state index contributed by atoms with van der Waals surface area (Å²) < 4.78 is 16.5. The van der Waals surface area contributed by atoms with Crippen LogP contribution in [-0.2, 0) is 0 Å². The third kappa shape index (κ3) is 2.50. The van der Waals surface area contributed by atoms with Crippen molar-refractivity contribution in [3.05, 3.63) is 35.8 Å². The van der Waals surface area contributed by atoms with Gasteiger partial charge in [-0.1, -0.05) is 5.16 Å². The van der Waals surface area contributed by atoms with Gasteiger partial charge in [0.2, 0.25) is 11.7 Å². The maximum Gasteiger partial charge on any atom is 0.220 e. The summed E-state index contributed by atoms with van der Waals surface area (Å²) in [7, 11) is 3.02. The van der Waals surface area contributed by atoms with E-state index in [4.69, 9.17) is 19.6 Å². The predicted molar refractivity (Wildman–Crippen MR) is 82.1 cm³/mol. The molecule has 8 nitrogen and oxygen atoms in total. The molecule has 8 heteroatoms. The molecule has 0 saturated heterocycles. The lowest BCUT2D eigenvalue weighted by Crippen LogP contribution is -2.05. The monoisotopic (exact) mass is 314 g/mol. The van der Waals surface area contributed by atoms with Gasteiger partial charge in [-0.25, -0.2) is 9.97 Å². The van der Waals surface area contributed by atoms with Crippen molar-refractivity contribution in [2.24, 2.45) is 5.16 Å². The first-order valence-corrected chi connectivity index (χ1v) is 6.63. The van der Waals surface area contributed by atoms with Crippen LogP contribution in [0.1, 0.15) is 0 Å². The van der Waals surface area contributed by atoms with Crippen LogP contribution in [0.5, 0.6) is 11.5 Å². The number of nitrogens with zero attached hydrogens (tertiary/aromatic N) is 3. The molecule has 23 heavy (non-hydrogen) atoms. The molecule has 0 aliphatic heterocycles. The van der Waals surface area contributed by atoms with Crippen molar-refractivity contribution in [2.45, 2.75) is 0 Å². The highest BCUT2D eigenvalue weighted by Gasteiger charge is 2.15. The SMILES string of the molecule is COc1ccc2c(=NO)cc(-c3ccnc(N)n3)oc2c1OC. The average Bonchev–Trinajstić information content (AvgIpc) is 2.59. The minimum atomic E-state index is 0.109. The second-order valence-electron chi connectivity index (χ2n) is 4.57. The van der Waals surface area contributed by atoms with Crippen LogP contribution >= 0.6 is 0 Å². The van der Waals surface area contributed by atoms with Crippen molar-refractivity contribution >= 4 is 16.9 Å². The van der Waals surface area contributed by atoms with Crippen molar-refractivity contribution in [2.75, 3.05) is 20.0 Å². The predicted octanol–water partition coefficient (Wildman–Crippen LogP) is 1.78. The summed E-state index contributed by atoms with van der Waals surface area (Å²) in [6, 6.07) is 6.60. The van der Waals surface area contributed by atoms with Crippen LogP contribution in [0.25, 0.3) is 22.4 Å². The molecule has 0 amide bonds. The minimum absolute atomic E-state index is 0.109. The summed E-state index contributed by atoms with van der Waals surface area (Å²) in [5.41, 5.74) is 6.42. The molecule has 0 fully saturated rings. The summed E-state index contributed by atoms with van der Waals surface area (Å²) in [5, 5.41) is 13.5. The zero-order valence-electron chi connectivity index (χ0n) is 12.5. The fourth-order valence-electron chi connectivity index (χ4n) is 2.26. The van der Waals surface area contributed by atoms with Crippen LogP contribution in [0.3, 0.4) is 0 Å². The Balaban J connectivity index is 2.38. The summed E-state index contributed by atoms with van der Waals surface area (Å²) in [5.74, 6) is 1.34. The summed E-state index contributed by atoms with van der Waals surface area (Å²) in [4.78, 5) is 7.94. The molecule has 0 unspecified atom stereocenters. The summed E-state index contributed by atoms with van der Waals surface area (Å²) in [6.45, 7) is 0. The van der Waals surface area contributed by atoms with Gasteiger partial charge in [0, 0.05) is 12.3 Å². The van der Waals surface area contributed by atoms with Gasteiger partial charge in [0.25, 0.3) is 0 Å². The minimum Gasteiger partial charge on any atom is -0.493 e. The number of hydrogen-bond acceptors (Lipinski definition) is 8. The molecule has 1 aromatic carbocycles. The molecule has 118 valence electrons. The van der Waals surface area contributed by atoms with Gasteiger partial charge in [0.1, 0.15) is 11.1 Å². The Hall–Kier alpha value is -3.29. The maximum absolute atomic E-state index is 9.31. The smallest absolute Gasteiger partial charge is 0.220 e. The lowest BCUT2D eigenvalue weighted by Gasteiger charge is -2.11. The molecule has 0 aliphatic rings. The highest BCUT2D eigenvalue weighted by Crippen LogP contribution is 2.35. The van der Waals surface area contributed by atoms with Gasteiger partial charge in [0.05, 0.1) is 19.6 Å². The van der Waals surface area contributed by atoms with Crippen LogP contribution in [0.15, 0.2) is 40.0 Å². The van der Waals surface area contributed by atoms with Crippen molar-refractivity contribution in [3.63, 3.8) is 0 Å². The van der Waals surface area contributed by atoms with Gasteiger partial charge in [0.15, 0.2) is 17.1 Å². The van der Waals surface area contributed by atoms with Crippen LogP contribution < -0.4 is 20.6 Å². The van der Waals surface area contributed by atoms with E-state index in [2.05, 4.69) is 15.1 Å². The molecule has 0 radical (unpaired) electrons. The van der Waals surface area contributed by atoms with Crippen molar-refractivity contribution < 1.29 is 19.1 Å². The number of methoxy groups -OCH3 is 2. The third-order valence-corrected chi connectivity index (χ3v) is 3.29. The number of fused-ring (bicyclic) bond motifs is 1. The Bertz CT molecular complexity index is 936. The number of hydrogen-bond donors (Lipinski definition) is 2. The van der Waals surface area contributed by atoms with E-state index in [1.807, 2.05) is 0 Å². The topological polar surface area (TPSA) is 116 Å². The van der Waals surface area contributed by atoms with Crippen LogP contribution in [0.4, 0.5) is 5.95 Å². The lowest BCUT2D eigenvalue weighted by molar-refractivity contribution is 0.302. The Morgan fingerprint density at radius 2 is 2.04 bits per heavy atom. The van der Waals surface area contributed by atoms with Crippen molar-refractivity contribution in [1.29, 1.82) is 0 Å². The Morgan fingerprint density at radius 1 is 1.22 bits per heavy atom. The Kier molecular flexibility index (Phi) is 3.71. The van der Waals surface area contributed by atoms with Gasteiger partial charge in [-0.2, -0.15) is 0 Å². The molecule has 0 aliphatic carbocycles. The van der Waals surface area contributed by atoms with Gasteiger partial charge in [-0.3, -0.25) is 0 Å². The highest BCUT2D eigenvalue weighted by atomic mass is 16.5. The number of rotatable bonds is 3. The van der Waals surface area contributed by atoms with E-state index in [1.165, 1.54) is 20.4 Å². The molecular weight excluding hydrogens is 300 g/mol. The second kappa shape index (κ2) is 5.84. The number of nitrogen functional groups attached to an aromatic ring is 1. The molecule has 0 bridgehead atoms. The molecule has 3 aromatic rings. The zero-order chi connectivity index (χ0) is 16.4. The fourth-order valence-corrected chi connectivity index (χ4v) is 2.26. The van der Waals surface area contributed by atoms with E-state index in [1.54, 1.807) is 24.3 Å². The fraction of sp³-hybridized carbons (Fsp3) is 0.133. The average molecular weight is 314 g/mol. The summed E-state index contributed by atoms with van der Waals surface area (Å²) >= 11 is 0. The lowest BCUT2D eigenvalue weighted by atomic mass is 10.1. The molecule has 0 spiro atoms. The van der Waals surface area contributed by atoms with E-state index in [9.17, 15) is 5.21 Å². The molecule has 0 saturated carbocycles. The van der Waals surface area contributed by atoms with Gasteiger partial charge in [-0.15, -0.1) is 0 Å². The highest BCUT2D eigenvalue weighted by molar-refractivity contribution is 5.86. The van der Waals surface area contributed by atoms with E-state index in [-0.39, 0.29) is 5.95 Å². The van der Waals surface area contributed by atoms with E-state index < -0.39 is 0 Å². The largest absolute Gasteiger partial charge is 0.493 e. The van der Waals surface area contributed by atoms with Crippen molar-refractivity contribution in [3.8, 4) is 23.0 Å². The first-order chi connectivity index (χ1) is 11.2. The van der Waals surface area contributed by atoms with Gasteiger partial charge >= 0.3 is 0 Å². The van der Waals surface area contributed by atoms with E-state index in [0.717, 1.165) is 0 Å². The van der Waals surface area contributed by atoms with Crippen LogP contribution in [0.2, 0.25) is 0 Å². The summed E-state index contributed by atoms with van der Waals surface area (Å²) in [6.07, 6.45) is 1.51.